The van der Waals surface area contributed by atoms with Gasteiger partial charge < -0.3 is 30.5 Å². The van der Waals surface area contributed by atoms with Crippen molar-refractivity contribution >= 4 is 39.9 Å². The lowest BCUT2D eigenvalue weighted by atomic mass is 10.2. The Morgan fingerprint density at radius 2 is 1.46 bits per heavy atom. The van der Waals surface area contributed by atoms with Crippen LogP contribution in [0.4, 0.5) is 4.79 Å². The molecule has 0 saturated heterocycles. The summed E-state index contributed by atoms with van der Waals surface area (Å²) in [6, 6.07) is 5.31. The molecule has 35 heavy (non-hydrogen) atoms. The second kappa shape index (κ2) is 14.2. The highest BCUT2D eigenvalue weighted by atomic mass is 32.3. The highest BCUT2D eigenvalue weighted by Crippen LogP contribution is 2.33. The van der Waals surface area contributed by atoms with E-state index in [4.69, 9.17) is 9.47 Å². The zero-order chi connectivity index (χ0) is 26.6. The SMILES string of the molecule is C[C@H](NC(=O)OCc1ccccc1)C(=O)N[C@@H](C)C(=O)N[C@@H](CC(=O)OCCS(C)(C)C)C(=O)O. The number of rotatable bonds is 13. The molecule has 0 aliphatic rings. The number of esters is 1. The van der Waals surface area contributed by atoms with E-state index >= 15 is 0 Å². The summed E-state index contributed by atoms with van der Waals surface area (Å²) in [7, 11) is -0.875. The van der Waals surface area contributed by atoms with Crippen molar-refractivity contribution in [3.8, 4) is 0 Å². The van der Waals surface area contributed by atoms with E-state index in [-0.39, 0.29) is 13.2 Å². The van der Waals surface area contributed by atoms with E-state index in [1.54, 1.807) is 24.3 Å². The van der Waals surface area contributed by atoms with Crippen molar-refractivity contribution in [3.05, 3.63) is 35.9 Å². The molecule has 0 saturated carbocycles. The Kier molecular flexibility index (Phi) is 12.1. The third kappa shape index (κ3) is 12.7. The minimum absolute atomic E-state index is 0.0240. The normalized spacial score (nSPS) is 14.0. The molecule has 0 fully saturated rings. The first-order valence-corrected chi connectivity index (χ1v) is 13.9. The number of carboxylic acids is 1. The van der Waals surface area contributed by atoms with Crippen LogP contribution in [-0.2, 0) is 35.3 Å². The first-order chi connectivity index (χ1) is 16.3. The Labute approximate surface area is 206 Å². The Balaban J connectivity index is 2.48. The fourth-order valence-electron chi connectivity index (χ4n) is 2.54. The van der Waals surface area contributed by atoms with Crippen LogP contribution in [-0.4, -0.2) is 84.2 Å². The molecule has 11 nitrogen and oxygen atoms in total. The van der Waals surface area contributed by atoms with Crippen LogP contribution in [0.5, 0.6) is 0 Å². The molecule has 0 unspecified atom stereocenters. The molecule has 1 aromatic carbocycles. The van der Waals surface area contributed by atoms with Crippen LogP contribution in [0.3, 0.4) is 0 Å². The molecular formula is C23H35N3O8S. The minimum atomic E-state index is -1.51. The quantitative estimate of drug-likeness (QED) is 0.284. The van der Waals surface area contributed by atoms with Crippen LogP contribution in [0.2, 0.25) is 0 Å². The summed E-state index contributed by atoms with van der Waals surface area (Å²) in [5, 5.41) is 16.3. The van der Waals surface area contributed by atoms with Crippen LogP contribution in [0, 0.1) is 0 Å². The van der Waals surface area contributed by atoms with E-state index in [2.05, 4.69) is 34.7 Å². The molecule has 0 spiro atoms. The maximum Gasteiger partial charge on any atom is 0.408 e. The number of carbonyl (C=O) groups is 5. The lowest BCUT2D eigenvalue weighted by molar-refractivity contribution is -0.150. The van der Waals surface area contributed by atoms with Gasteiger partial charge in [0.1, 0.15) is 24.7 Å². The van der Waals surface area contributed by atoms with Gasteiger partial charge in [0, 0.05) is 5.75 Å². The summed E-state index contributed by atoms with van der Waals surface area (Å²) in [5.74, 6) is -2.97. The van der Waals surface area contributed by atoms with Gasteiger partial charge in [-0.05, 0) is 38.2 Å². The largest absolute Gasteiger partial charge is 0.480 e. The summed E-state index contributed by atoms with van der Waals surface area (Å²) in [6.07, 6.45) is 4.81. The van der Waals surface area contributed by atoms with Gasteiger partial charge in [0.25, 0.3) is 0 Å². The first kappa shape index (κ1) is 29.8. The van der Waals surface area contributed by atoms with Crippen molar-refractivity contribution in [1.29, 1.82) is 0 Å². The molecule has 3 amide bonds. The Morgan fingerprint density at radius 3 is 2.03 bits per heavy atom. The molecule has 1 rings (SSSR count). The molecule has 4 N–H and O–H groups in total. The van der Waals surface area contributed by atoms with Gasteiger partial charge in [0.05, 0.1) is 13.0 Å². The zero-order valence-corrected chi connectivity index (χ0v) is 21.5. The fraction of sp³-hybridized carbons (Fsp3) is 0.522. The van der Waals surface area contributed by atoms with Crippen molar-refractivity contribution in [2.45, 2.75) is 45.0 Å². The molecule has 12 heteroatoms. The molecule has 3 atom stereocenters. The van der Waals surface area contributed by atoms with Gasteiger partial charge in [-0.25, -0.2) is 19.6 Å². The maximum atomic E-state index is 12.4. The monoisotopic (exact) mass is 513 g/mol. The topological polar surface area (TPSA) is 160 Å². The fourth-order valence-corrected chi connectivity index (χ4v) is 3.12. The van der Waals surface area contributed by atoms with Crippen LogP contribution in [0.1, 0.15) is 25.8 Å². The second-order valence-corrected chi connectivity index (χ2v) is 13.4. The summed E-state index contributed by atoms with van der Waals surface area (Å²) in [4.78, 5) is 60.0. The highest BCUT2D eigenvalue weighted by Gasteiger charge is 2.28. The van der Waals surface area contributed by atoms with E-state index < -0.39 is 64.4 Å². The van der Waals surface area contributed by atoms with E-state index in [0.29, 0.717) is 5.75 Å². The van der Waals surface area contributed by atoms with Gasteiger partial charge in [0.2, 0.25) is 11.8 Å². The number of aliphatic carboxylic acids is 1. The summed E-state index contributed by atoms with van der Waals surface area (Å²) in [5.41, 5.74) is 0.775. The lowest BCUT2D eigenvalue weighted by Gasteiger charge is -2.24. The molecule has 0 aromatic heterocycles. The Hall–Kier alpha value is -3.28. The molecule has 0 aliphatic carbocycles. The van der Waals surface area contributed by atoms with Crippen LogP contribution in [0.15, 0.2) is 30.3 Å². The summed E-state index contributed by atoms with van der Waals surface area (Å²) in [6.45, 7) is 2.94. The number of ether oxygens (including phenoxy) is 2. The van der Waals surface area contributed by atoms with E-state index in [0.717, 1.165) is 5.56 Å². The van der Waals surface area contributed by atoms with Gasteiger partial charge in [-0.1, -0.05) is 30.3 Å². The predicted octanol–water partition coefficient (Wildman–Crippen LogP) is 1.00. The number of alkyl carbamates (subject to hydrolysis) is 1. The molecule has 1 aromatic rings. The molecule has 0 bridgehead atoms. The number of nitrogens with one attached hydrogen (secondary N) is 3. The molecular weight excluding hydrogens is 478 g/mol. The third-order valence-electron chi connectivity index (χ3n) is 4.64. The van der Waals surface area contributed by atoms with Crippen LogP contribution >= 0.6 is 10.0 Å². The van der Waals surface area contributed by atoms with E-state index in [1.165, 1.54) is 13.8 Å². The molecule has 196 valence electrons. The smallest absolute Gasteiger partial charge is 0.408 e. The number of amides is 3. The van der Waals surface area contributed by atoms with Gasteiger partial charge in [-0.2, -0.15) is 0 Å². The zero-order valence-electron chi connectivity index (χ0n) is 20.7. The van der Waals surface area contributed by atoms with Crippen molar-refractivity contribution in [1.82, 2.24) is 16.0 Å². The van der Waals surface area contributed by atoms with Crippen molar-refractivity contribution in [2.24, 2.45) is 0 Å². The lowest BCUT2D eigenvalue weighted by Crippen LogP contribution is -2.54. The molecule has 0 aliphatic heterocycles. The standard InChI is InChI=1S/C23H35N3O8S/c1-15(21(29)26-18(22(30)31)13-19(27)33-11-12-35(3,4)5)24-20(28)16(2)25-23(32)34-14-17-9-7-6-8-10-17/h6-10,15-16,18H,11-14H2,1-5H3,(H,24,28)(H,25,32)(H,26,29)(H,30,31)/t15-,16-,18-/m0/s1. The number of carboxylic acid groups (broad SMARTS) is 1. The van der Waals surface area contributed by atoms with Gasteiger partial charge in [0.15, 0.2) is 0 Å². The summed E-state index contributed by atoms with van der Waals surface area (Å²) >= 11 is 0. The number of benzene rings is 1. The number of carbonyl (C=O) groups excluding carboxylic acids is 4. The van der Waals surface area contributed by atoms with Gasteiger partial charge in [-0.3, -0.25) is 14.4 Å². The average molecular weight is 514 g/mol. The third-order valence-corrected chi connectivity index (χ3v) is 6.03. The number of hydrogen-bond acceptors (Lipinski definition) is 7. The van der Waals surface area contributed by atoms with Crippen LogP contribution < -0.4 is 16.0 Å². The molecule has 0 heterocycles. The Morgan fingerprint density at radius 1 is 0.886 bits per heavy atom. The van der Waals surface area contributed by atoms with Crippen molar-refractivity contribution in [2.75, 3.05) is 31.1 Å². The summed E-state index contributed by atoms with van der Waals surface area (Å²) < 4.78 is 10.1. The van der Waals surface area contributed by atoms with Crippen LogP contribution in [0.25, 0.3) is 0 Å². The van der Waals surface area contributed by atoms with Crippen molar-refractivity contribution in [3.63, 3.8) is 0 Å². The highest BCUT2D eigenvalue weighted by molar-refractivity contribution is 8.32. The Bertz CT molecular complexity index is 889. The van der Waals surface area contributed by atoms with Crippen molar-refractivity contribution < 1.29 is 38.6 Å². The average Bonchev–Trinajstić information content (AvgIpc) is 2.76. The molecule has 0 radical (unpaired) electrons. The predicted molar refractivity (Wildman–Crippen MR) is 132 cm³/mol. The number of hydrogen-bond donors (Lipinski definition) is 4. The second-order valence-electron chi connectivity index (χ2n) is 8.78. The first-order valence-electron chi connectivity index (χ1n) is 10.9. The minimum Gasteiger partial charge on any atom is -0.480 e. The van der Waals surface area contributed by atoms with E-state index in [9.17, 15) is 29.1 Å². The maximum absolute atomic E-state index is 12.4. The van der Waals surface area contributed by atoms with Gasteiger partial charge >= 0.3 is 18.0 Å². The van der Waals surface area contributed by atoms with E-state index in [1.807, 2.05) is 6.07 Å². The van der Waals surface area contributed by atoms with Gasteiger partial charge in [-0.15, -0.1) is 0 Å².